The lowest BCUT2D eigenvalue weighted by Gasteiger charge is -2.16. The van der Waals surface area contributed by atoms with Crippen LogP contribution in [0.15, 0.2) is 65.7 Å². The van der Waals surface area contributed by atoms with Gasteiger partial charge in [0.15, 0.2) is 5.96 Å². The number of hydrogen-bond donors (Lipinski definition) is 2. The number of rotatable bonds is 5. The SMILES string of the molecule is CCNC(N)=NCC(c1ccccc1)c1ccccc1. The Morgan fingerprint density at radius 1 is 1.00 bits per heavy atom. The van der Waals surface area contributed by atoms with Crippen molar-refractivity contribution >= 4 is 5.96 Å². The average Bonchev–Trinajstić information content (AvgIpc) is 2.50. The Morgan fingerprint density at radius 3 is 1.95 bits per heavy atom. The molecule has 0 fully saturated rings. The lowest BCUT2D eigenvalue weighted by Crippen LogP contribution is -2.31. The summed E-state index contributed by atoms with van der Waals surface area (Å²) >= 11 is 0. The molecule has 0 aromatic heterocycles. The molecule has 3 nitrogen and oxygen atoms in total. The van der Waals surface area contributed by atoms with Crippen molar-refractivity contribution in [1.82, 2.24) is 5.32 Å². The van der Waals surface area contributed by atoms with E-state index in [4.69, 9.17) is 5.73 Å². The van der Waals surface area contributed by atoms with Crippen molar-refractivity contribution in [3.8, 4) is 0 Å². The fraction of sp³-hybridized carbons (Fsp3) is 0.235. The van der Waals surface area contributed by atoms with E-state index in [1.807, 2.05) is 19.1 Å². The van der Waals surface area contributed by atoms with Crippen LogP contribution in [-0.2, 0) is 0 Å². The van der Waals surface area contributed by atoms with Crippen LogP contribution in [0.2, 0.25) is 0 Å². The minimum Gasteiger partial charge on any atom is -0.370 e. The first kappa shape index (κ1) is 14.1. The molecule has 0 amide bonds. The summed E-state index contributed by atoms with van der Waals surface area (Å²) in [6, 6.07) is 20.8. The lowest BCUT2D eigenvalue weighted by atomic mass is 9.91. The van der Waals surface area contributed by atoms with Crippen molar-refractivity contribution in [2.75, 3.05) is 13.1 Å². The van der Waals surface area contributed by atoms with Crippen molar-refractivity contribution in [2.45, 2.75) is 12.8 Å². The molecule has 2 aromatic carbocycles. The molecule has 0 aliphatic rings. The molecular weight excluding hydrogens is 246 g/mol. The Morgan fingerprint density at radius 2 is 1.50 bits per heavy atom. The molecule has 0 bridgehead atoms. The first-order valence-corrected chi connectivity index (χ1v) is 6.95. The van der Waals surface area contributed by atoms with Gasteiger partial charge in [-0.15, -0.1) is 0 Å². The molecular formula is C17H21N3. The van der Waals surface area contributed by atoms with E-state index >= 15 is 0 Å². The second-order valence-electron chi connectivity index (χ2n) is 4.63. The summed E-state index contributed by atoms with van der Waals surface area (Å²) in [5.74, 6) is 0.735. The van der Waals surface area contributed by atoms with Crippen molar-refractivity contribution in [2.24, 2.45) is 10.7 Å². The summed E-state index contributed by atoms with van der Waals surface area (Å²) in [5, 5.41) is 3.03. The summed E-state index contributed by atoms with van der Waals surface area (Å²) in [6.07, 6.45) is 0. The van der Waals surface area contributed by atoms with Crippen LogP contribution in [-0.4, -0.2) is 19.0 Å². The van der Waals surface area contributed by atoms with Gasteiger partial charge < -0.3 is 11.1 Å². The lowest BCUT2D eigenvalue weighted by molar-refractivity contribution is 0.807. The first-order chi connectivity index (χ1) is 9.81. The van der Waals surface area contributed by atoms with Crippen LogP contribution in [0.5, 0.6) is 0 Å². The number of nitrogens with zero attached hydrogens (tertiary/aromatic N) is 1. The van der Waals surface area contributed by atoms with Crippen molar-refractivity contribution < 1.29 is 0 Å². The number of aliphatic imine (C=N–C) groups is 1. The zero-order valence-electron chi connectivity index (χ0n) is 11.8. The molecule has 0 radical (unpaired) electrons. The van der Waals surface area contributed by atoms with E-state index in [1.165, 1.54) is 11.1 Å². The van der Waals surface area contributed by atoms with Crippen molar-refractivity contribution in [3.05, 3.63) is 71.8 Å². The van der Waals surface area contributed by atoms with Gasteiger partial charge in [0.05, 0.1) is 6.54 Å². The highest BCUT2D eigenvalue weighted by atomic mass is 15.1. The van der Waals surface area contributed by atoms with Gasteiger partial charge in [-0.1, -0.05) is 60.7 Å². The van der Waals surface area contributed by atoms with E-state index in [2.05, 4.69) is 58.8 Å². The predicted octanol–water partition coefficient (Wildman–Crippen LogP) is 2.74. The van der Waals surface area contributed by atoms with Crippen molar-refractivity contribution in [3.63, 3.8) is 0 Å². The summed E-state index contributed by atoms with van der Waals surface area (Å²) in [7, 11) is 0. The molecule has 2 rings (SSSR count). The van der Waals surface area contributed by atoms with Gasteiger partial charge in [0.25, 0.3) is 0 Å². The van der Waals surface area contributed by atoms with Crippen LogP contribution >= 0.6 is 0 Å². The van der Waals surface area contributed by atoms with Gasteiger partial charge in [-0.2, -0.15) is 0 Å². The highest BCUT2D eigenvalue weighted by Crippen LogP contribution is 2.24. The van der Waals surface area contributed by atoms with E-state index in [0.29, 0.717) is 12.5 Å². The maximum atomic E-state index is 5.83. The molecule has 20 heavy (non-hydrogen) atoms. The third kappa shape index (κ3) is 3.85. The van der Waals surface area contributed by atoms with Crippen LogP contribution < -0.4 is 11.1 Å². The normalized spacial score (nSPS) is 11.6. The van der Waals surface area contributed by atoms with E-state index in [0.717, 1.165) is 6.54 Å². The Kier molecular flexibility index (Phi) is 5.18. The van der Waals surface area contributed by atoms with Crippen LogP contribution in [0.25, 0.3) is 0 Å². The number of benzene rings is 2. The van der Waals surface area contributed by atoms with Crippen LogP contribution in [0.4, 0.5) is 0 Å². The predicted molar refractivity (Wildman–Crippen MR) is 84.9 cm³/mol. The van der Waals surface area contributed by atoms with Crippen LogP contribution in [0, 0.1) is 0 Å². The third-order valence-corrected chi connectivity index (χ3v) is 3.21. The Bertz CT molecular complexity index is 495. The molecule has 0 unspecified atom stereocenters. The highest BCUT2D eigenvalue weighted by Gasteiger charge is 2.13. The number of nitrogens with one attached hydrogen (secondary N) is 1. The topological polar surface area (TPSA) is 50.4 Å². The molecule has 3 heteroatoms. The second-order valence-corrected chi connectivity index (χ2v) is 4.63. The number of nitrogens with two attached hydrogens (primary N) is 1. The molecule has 0 aliphatic carbocycles. The molecule has 0 heterocycles. The Hall–Kier alpha value is -2.29. The zero-order valence-corrected chi connectivity index (χ0v) is 11.8. The van der Waals surface area contributed by atoms with E-state index in [1.54, 1.807) is 0 Å². The number of guanidine groups is 1. The summed E-state index contributed by atoms with van der Waals surface area (Å²) in [5.41, 5.74) is 8.34. The second kappa shape index (κ2) is 7.34. The maximum Gasteiger partial charge on any atom is 0.188 e. The van der Waals surface area contributed by atoms with Gasteiger partial charge in [-0.05, 0) is 18.1 Å². The molecule has 0 aliphatic heterocycles. The molecule has 3 N–H and O–H groups in total. The fourth-order valence-electron chi connectivity index (χ4n) is 2.20. The summed E-state index contributed by atoms with van der Waals surface area (Å²) < 4.78 is 0. The minimum atomic E-state index is 0.231. The van der Waals surface area contributed by atoms with Gasteiger partial charge in [0.1, 0.15) is 0 Å². The van der Waals surface area contributed by atoms with Crippen LogP contribution in [0.3, 0.4) is 0 Å². The number of hydrogen-bond acceptors (Lipinski definition) is 1. The van der Waals surface area contributed by atoms with Crippen molar-refractivity contribution in [1.29, 1.82) is 0 Å². The average molecular weight is 267 g/mol. The molecule has 0 saturated heterocycles. The van der Waals surface area contributed by atoms with Crippen LogP contribution in [0.1, 0.15) is 24.0 Å². The fourth-order valence-corrected chi connectivity index (χ4v) is 2.20. The standard InChI is InChI=1S/C17H21N3/c1-2-19-17(18)20-13-16(14-9-5-3-6-10-14)15-11-7-4-8-12-15/h3-12,16H,2,13H2,1H3,(H3,18,19,20). The maximum absolute atomic E-state index is 5.83. The van der Waals surface area contributed by atoms with Gasteiger partial charge in [-0.3, -0.25) is 4.99 Å². The summed E-state index contributed by atoms with van der Waals surface area (Å²) in [6.45, 7) is 3.44. The molecule has 104 valence electrons. The third-order valence-electron chi connectivity index (χ3n) is 3.21. The Balaban J connectivity index is 2.24. The van der Waals surface area contributed by atoms with E-state index in [-0.39, 0.29) is 5.92 Å². The first-order valence-electron chi connectivity index (χ1n) is 6.95. The smallest absolute Gasteiger partial charge is 0.188 e. The molecule has 0 atom stereocenters. The van der Waals surface area contributed by atoms with Gasteiger partial charge in [-0.25, -0.2) is 0 Å². The molecule has 0 saturated carbocycles. The van der Waals surface area contributed by atoms with E-state index < -0.39 is 0 Å². The van der Waals surface area contributed by atoms with Gasteiger partial charge >= 0.3 is 0 Å². The molecule has 0 spiro atoms. The largest absolute Gasteiger partial charge is 0.370 e. The van der Waals surface area contributed by atoms with Gasteiger partial charge in [0.2, 0.25) is 0 Å². The zero-order chi connectivity index (χ0) is 14.2. The Labute approximate surface area is 120 Å². The highest BCUT2D eigenvalue weighted by molar-refractivity contribution is 5.77. The monoisotopic (exact) mass is 267 g/mol. The van der Waals surface area contributed by atoms with Gasteiger partial charge in [0, 0.05) is 12.5 Å². The minimum absolute atomic E-state index is 0.231. The van der Waals surface area contributed by atoms with E-state index in [9.17, 15) is 0 Å². The quantitative estimate of drug-likeness (QED) is 0.646. The molecule has 2 aromatic rings. The summed E-state index contributed by atoms with van der Waals surface area (Å²) in [4.78, 5) is 4.45.